The highest BCUT2D eigenvalue weighted by atomic mass is 16.3. The molecule has 0 radical (unpaired) electrons. The number of hydrogen-bond acceptors (Lipinski definition) is 2. The number of nitrogens with zero attached hydrogens (tertiary/aromatic N) is 1. The van der Waals surface area contributed by atoms with Crippen molar-refractivity contribution in [1.29, 1.82) is 0 Å². The molecule has 0 bridgehead atoms. The monoisotopic (exact) mass is 207 g/mol. The Morgan fingerprint density at radius 2 is 2.13 bits per heavy atom. The summed E-state index contributed by atoms with van der Waals surface area (Å²) < 4.78 is 1.93. The first-order valence-corrected chi connectivity index (χ1v) is 5.57. The van der Waals surface area contributed by atoms with Gasteiger partial charge in [0.05, 0.1) is 6.10 Å². The van der Waals surface area contributed by atoms with E-state index in [4.69, 9.17) is 0 Å². The summed E-state index contributed by atoms with van der Waals surface area (Å²) in [5.41, 5.74) is 2.02. The van der Waals surface area contributed by atoms with Crippen molar-refractivity contribution in [1.82, 2.24) is 4.57 Å². The van der Waals surface area contributed by atoms with E-state index in [1.165, 1.54) is 0 Å². The van der Waals surface area contributed by atoms with Crippen LogP contribution in [0.25, 0.3) is 0 Å². The number of carbonyl (C=O) groups is 1. The number of aryl methyl sites for hydroxylation is 1. The minimum absolute atomic E-state index is 0.256. The standard InChI is InChI=1S/C12H17NO2/c1-9(14)6-13-7-10-4-2-3-5-12(15)11(10)8-13/h7-9,14H,2-6H2,1H3. The maximum atomic E-state index is 11.7. The summed E-state index contributed by atoms with van der Waals surface area (Å²) in [7, 11) is 0. The molecule has 0 aromatic carbocycles. The average Bonchev–Trinajstić information content (AvgIpc) is 2.47. The van der Waals surface area contributed by atoms with Gasteiger partial charge in [-0.1, -0.05) is 0 Å². The normalized spacial score (nSPS) is 18.4. The van der Waals surface area contributed by atoms with E-state index in [-0.39, 0.29) is 11.9 Å². The Bertz CT molecular complexity index is 366. The van der Waals surface area contributed by atoms with Gasteiger partial charge in [-0.15, -0.1) is 0 Å². The van der Waals surface area contributed by atoms with Crippen LogP contribution in [0.15, 0.2) is 12.4 Å². The second-order valence-electron chi connectivity index (χ2n) is 4.37. The third-order valence-electron chi connectivity index (χ3n) is 2.84. The fourth-order valence-electron chi connectivity index (χ4n) is 2.15. The zero-order valence-electron chi connectivity index (χ0n) is 9.07. The highest BCUT2D eigenvalue weighted by Crippen LogP contribution is 2.21. The van der Waals surface area contributed by atoms with Gasteiger partial charge >= 0.3 is 0 Å². The molecule has 0 amide bonds. The van der Waals surface area contributed by atoms with Gasteiger partial charge in [-0.3, -0.25) is 4.79 Å². The molecule has 0 saturated carbocycles. The highest BCUT2D eigenvalue weighted by Gasteiger charge is 2.17. The van der Waals surface area contributed by atoms with Crippen molar-refractivity contribution in [2.24, 2.45) is 0 Å². The molecule has 1 heterocycles. The first-order valence-electron chi connectivity index (χ1n) is 5.57. The van der Waals surface area contributed by atoms with Crippen molar-refractivity contribution < 1.29 is 9.90 Å². The molecule has 0 spiro atoms. The third kappa shape index (κ3) is 2.29. The maximum Gasteiger partial charge on any atom is 0.164 e. The predicted octanol–water partition coefficient (Wildman–Crippen LogP) is 1.78. The Hall–Kier alpha value is -1.09. The molecule has 1 atom stereocenters. The van der Waals surface area contributed by atoms with E-state index >= 15 is 0 Å². The summed E-state index contributed by atoms with van der Waals surface area (Å²) in [6.07, 6.45) is 7.29. The number of aliphatic hydroxyl groups excluding tert-OH is 1. The van der Waals surface area contributed by atoms with Crippen LogP contribution in [-0.4, -0.2) is 21.6 Å². The molecule has 1 unspecified atom stereocenters. The van der Waals surface area contributed by atoms with E-state index in [0.717, 1.165) is 30.4 Å². The number of rotatable bonds is 2. The molecule has 15 heavy (non-hydrogen) atoms. The highest BCUT2D eigenvalue weighted by molar-refractivity contribution is 5.97. The fourth-order valence-corrected chi connectivity index (χ4v) is 2.15. The quantitative estimate of drug-likeness (QED) is 0.751. The summed E-state index contributed by atoms with van der Waals surface area (Å²) in [4.78, 5) is 11.7. The lowest BCUT2D eigenvalue weighted by atomic mass is 10.1. The summed E-state index contributed by atoms with van der Waals surface area (Å²) in [5, 5.41) is 9.28. The second kappa shape index (κ2) is 4.19. The van der Waals surface area contributed by atoms with Crippen LogP contribution in [0.2, 0.25) is 0 Å². The third-order valence-corrected chi connectivity index (χ3v) is 2.84. The molecule has 1 aromatic rings. The van der Waals surface area contributed by atoms with Crippen molar-refractivity contribution in [3.05, 3.63) is 23.5 Å². The van der Waals surface area contributed by atoms with Crippen LogP contribution < -0.4 is 0 Å². The molecule has 82 valence electrons. The van der Waals surface area contributed by atoms with Gasteiger partial charge in [0.2, 0.25) is 0 Å². The number of fused-ring (bicyclic) bond motifs is 1. The fraction of sp³-hybridized carbons (Fsp3) is 0.583. The zero-order valence-corrected chi connectivity index (χ0v) is 9.07. The van der Waals surface area contributed by atoms with Crippen molar-refractivity contribution in [3.63, 3.8) is 0 Å². The van der Waals surface area contributed by atoms with Gasteiger partial charge in [0, 0.05) is 30.9 Å². The van der Waals surface area contributed by atoms with Gasteiger partial charge in [0.25, 0.3) is 0 Å². The van der Waals surface area contributed by atoms with E-state index in [1.54, 1.807) is 6.92 Å². The molecule has 3 heteroatoms. The van der Waals surface area contributed by atoms with Crippen molar-refractivity contribution in [3.8, 4) is 0 Å². The van der Waals surface area contributed by atoms with Crippen LogP contribution in [0, 0.1) is 0 Å². The SMILES string of the molecule is CC(O)Cn1cc2c(c1)C(=O)CCCC2. The minimum Gasteiger partial charge on any atom is -0.392 e. The van der Waals surface area contributed by atoms with Crippen LogP contribution in [0.1, 0.15) is 42.1 Å². The van der Waals surface area contributed by atoms with Crippen LogP contribution in [0.5, 0.6) is 0 Å². The van der Waals surface area contributed by atoms with E-state index < -0.39 is 0 Å². The Balaban J connectivity index is 2.25. The first kappa shape index (κ1) is 10.4. The molecule has 0 aliphatic heterocycles. The van der Waals surface area contributed by atoms with Gasteiger partial charge in [-0.05, 0) is 31.7 Å². The Labute approximate surface area is 89.7 Å². The van der Waals surface area contributed by atoms with E-state index in [1.807, 2.05) is 17.0 Å². The van der Waals surface area contributed by atoms with Crippen LogP contribution in [-0.2, 0) is 13.0 Å². The van der Waals surface area contributed by atoms with E-state index in [9.17, 15) is 9.90 Å². The lowest BCUT2D eigenvalue weighted by Gasteiger charge is -2.04. The van der Waals surface area contributed by atoms with Crippen LogP contribution in [0.4, 0.5) is 0 Å². The van der Waals surface area contributed by atoms with Gasteiger partial charge in [-0.2, -0.15) is 0 Å². The smallest absolute Gasteiger partial charge is 0.164 e. The summed E-state index contributed by atoms with van der Waals surface area (Å²) in [6, 6.07) is 0. The van der Waals surface area contributed by atoms with Gasteiger partial charge in [0.15, 0.2) is 5.78 Å². The summed E-state index contributed by atoms with van der Waals surface area (Å²) in [6.45, 7) is 2.33. The van der Waals surface area contributed by atoms with Crippen molar-refractivity contribution >= 4 is 5.78 Å². The second-order valence-corrected chi connectivity index (χ2v) is 4.37. The molecule has 2 rings (SSSR count). The molecule has 3 nitrogen and oxygen atoms in total. The number of aromatic nitrogens is 1. The molecule has 0 fully saturated rings. The predicted molar refractivity (Wildman–Crippen MR) is 58.0 cm³/mol. The molecule has 1 aromatic heterocycles. The lowest BCUT2D eigenvalue weighted by molar-refractivity contribution is 0.0981. The molecule has 0 saturated heterocycles. The molecule has 1 aliphatic carbocycles. The average molecular weight is 207 g/mol. The van der Waals surface area contributed by atoms with E-state index in [0.29, 0.717) is 13.0 Å². The Morgan fingerprint density at radius 1 is 1.40 bits per heavy atom. The van der Waals surface area contributed by atoms with Crippen LogP contribution in [0.3, 0.4) is 0 Å². The topological polar surface area (TPSA) is 42.2 Å². The van der Waals surface area contributed by atoms with Crippen molar-refractivity contribution in [2.45, 2.75) is 45.3 Å². The van der Waals surface area contributed by atoms with E-state index in [2.05, 4.69) is 0 Å². The number of aliphatic hydroxyl groups is 1. The van der Waals surface area contributed by atoms with Crippen LogP contribution >= 0.6 is 0 Å². The molecule has 1 aliphatic rings. The van der Waals surface area contributed by atoms with Gasteiger partial charge in [-0.25, -0.2) is 0 Å². The largest absolute Gasteiger partial charge is 0.392 e. The van der Waals surface area contributed by atoms with Crippen molar-refractivity contribution in [2.75, 3.05) is 0 Å². The Morgan fingerprint density at radius 3 is 2.87 bits per heavy atom. The minimum atomic E-state index is -0.365. The zero-order chi connectivity index (χ0) is 10.8. The summed E-state index contributed by atoms with van der Waals surface area (Å²) >= 11 is 0. The maximum absolute atomic E-state index is 11.7. The number of hydrogen-bond donors (Lipinski definition) is 1. The first-order chi connectivity index (χ1) is 7.16. The summed E-state index contributed by atoms with van der Waals surface area (Å²) in [5.74, 6) is 0.256. The van der Waals surface area contributed by atoms with Gasteiger partial charge in [0.1, 0.15) is 0 Å². The number of Topliss-reactive ketones (excluding diaryl/α,β-unsaturated/α-hetero) is 1. The number of carbonyl (C=O) groups excluding carboxylic acids is 1. The number of ketones is 1. The molecule has 1 N–H and O–H groups in total. The molecular weight excluding hydrogens is 190 g/mol. The van der Waals surface area contributed by atoms with Gasteiger partial charge < -0.3 is 9.67 Å². The lowest BCUT2D eigenvalue weighted by Crippen LogP contribution is -2.10. The molecular formula is C12H17NO2. The Kier molecular flexibility index (Phi) is 2.91.